The van der Waals surface area contributed by atoms with Crippen LogP contribution in [0, 0.1) is 18.6 Å². The molecule has 0 bridgehead atoms. The Balaban J connectivity index is 2.19. The molecule has 0 heterocycles. The third-order valence-corrected chi connectivity index (χ3v) is 3.43. The molecule has 0 aliphatic rings. The van der Waals surface area contributed by atoms with Crippen LogP contribution >= 0.6 is 15.9 Å². The van der Waals surface area contributed by atoms with Gasteiger partial charge in [0.15, 0.2) is 0 Å². The van der Waals surface area contributed by atoms with Crippen molar-refractivity contribution in [3.8, 4) is 5.75 Å². The summed E-state index contributed by atoms with van der Waals surface area (Å²) in [5.74, 6) is -0.435. The van der Waals surface area contributed by atoms with Crippen LogP contribution in [-0.2, 0) is 11.9 Å². The lowest BCUT2D eigenvalue weighted by molar-refractivity contribution is 0.295. The summed E-state index contributed by atoms with van der Waals surface area (Å²) < 4.78 is 32.0. The topological polar surface area (TPSA) is 9.23 Å². The van der Waals surface area contributed by atoms with Crippen LogP contribution in [0.1, 0.15) is 16.7 Å². The molecule has 0 aliphatic carbocycles. The summed E-state index contributed by atoms with van der Waals surface area (Å²) in [5, 5.41) is 0.663. The minimum atomic E-state index is -0.589. The number of halogens is 3. The Morgan fingerprint density at radius 1 is 1.11 bits per heavy atom. The van der Waals surface area contributed by atoms with E-state index in [1.54, 1.807) is 0 Å². The van der Waals surface area contributed by atoms with Crippen molar-refractivity contribution in [3.05, 3.63) is 64.7 Å². The van der Waals surface area contributed by atoms with E-state index in [9.17, 15) is 8.78 Å². The summed E-state index contributed by atoms with van der Waals surface area (Å²) >= 11 is 3.39. The minimum Gasteiger partial charge on any atom is -0.488 e. The molecule has 0 aliphatic heterocycles. The molecule has 0 atom stereocenters. The van der Waals surface area contributed by atoms with Gasteiger partial charge in [-0.1, -0.05) is 34.1 Å². The van der Waals surface area contributed by atoms with Gasteiger partial charge in [-0.2, -0.15) is 0 Å². The molecule has 0 unspecified atom stereocenters. The zero-order chi connectivity index (χ0) is 13.8. The first-order valence-electron chi connectivity index (χ1n) is 5.83. The van der Waals surface area contributed by atoms with E-state index in [0.717, 1.165) is 22.9 Å². The van der Waals surface area contributed by atoms with E-state index in [0.29, 0.717) is 10.9 Å². The second-order valence-electron chi connectivity index (χ2n) is 4.22. The quantitative estimate of drug-likeness (QED) is 0.737. The first-order chi connectivity index (χ1) is 9.11. The van der Waals surface area contributed by atoms with E-state index < -0.39 is 11.6 Å². The maximum absolute atomic E-state index is 13.5. The average molecular weight is 327 g/mol. The number of benzene rings is 2. The molecule has 2 aromatic rings. The van der Waals surface area contributed by atoms with Crippen molar-refractivity contribution in [2.24, 2.45) is 0 Å². The summed E-state index contributed by atoms with van der Waals surface area (Å²) in [7, 11) is 0. The fraction of sp³-hybridized carbons (Fsp3) is 0.200. The molecular weight excluding hydrogens is 314 g/mol. The molecule has 0 radical (unpaired) electrons. The van der Waals surface area contributed by atoms with Crippen molar-refractivity contribution < 1.29 is 13.5 Å². The minimum absolute atomic E-state index is 0.0803. The molecule has 0 N–H and O–H groups in total. The highest BCUT2D eigenvalue weighted by atomic mass is 79.9. The molecule has 2 rings (SSSR count). The van der Waals surface area contributed by atoms with Gasteiger partial charge < -0.3 is 4.74 Å². The smallest absolute Gasteiger partial charge is 0.132 e. The Morgan fingerprint density at radius 3 is 2.58 bits per heavy atom. The van der Waals surface area contributed by atoms with Crippen LogP contribution in [0.15, 0.2) is 36.4 Å². The van der Waals surface area contributed by atoms with Gasteiger partial charge in [0.2, 0.25) is 0 Å². The number of alkyl halides is 1. The number of ether oxygens (including phenoxy) is 1. The van der Waals surface area contributed by atoms with Gasteiger partial charge in [0.1, 0.15) is 24.0 Å². The number of aryl methyl sites for hydroxylation is 1. The van der Waals surface area contributed by atoms with E-state index in [-0.39, 0.29) is 6.61 Å². The summed E-state index contributed by atoms with van der Waals surface area (Å²) in [5.41, 5.74) is 2.33. The molecule has 0 saturated carbocycles. The van der Waals surface area contributed by atoms with Crippen LogP contribution in [0.4, 0.5) is 8.78 Å². The zero-order valence-electron chi connectivity index (χ0n) is 10.4. The van der Waals surface area contributed by atoms with Gasteiger partial charge >= 0.3 is 0 Å². The molecule has 0 amide bonds. The zero-order valence-corrected chi connectivity index (χ0v) is 12.0. The molecule has 0 saturated heterocycles. The van der Waals surface area contributed by atoms with Crippen molar-refractivity contribution in [1.29, 1.82) is 0 Å². The fourth-order valence-electron chi connectivity index (χ4n) is 1.81. The summed E-state index contributed by atoms with van der Waals surface area (Å²) in [6, 6.07) is 9.31. The van der Waals surface area contributed by atoms with E-state index in [4.69, 9.17) is 4.74 Å². The fourth-order valence-corrected chi connectivity index (χ4v) is 2.26. The van der Waals surface area contributed by atoms with Gasteiger partial charge in [-0.05, 0) is 24.6 Å². The SMILES string of the molecule is Cc1cccc(CBr)c1OCc1ccc(F)cc1F. The highest BCUT2D eigenvalue weighted by Gasteiger charge is 2.09. The Bertz CT molecular complexity index is 584. The van der Waals surface area contributed by atoms with E-state index in [1.807, 2.05) is 25.1 Å². The van der Waals surface area contributed by atoms with Gasteiger partial charge in [-0.15, -0.1) is 0 Å². The van der Waals surface area contributed by atoms with Crippen LogP contribution in [0.5, 0.6) is 5.75 Å². The van der Waals surface area contributed by atoms with E-state index >= 15 is 0 Å². The van der Waals surface area contributed by atoms with Crippen LogP contribution in [0.25, 0.3) is 0 Å². The largest absolute Gasteiger partial charge is 0.488 e. The summed E-state index contributed by atoms with van der Waals surface area (Å²) in [6.07, 6.45) is 0. The third kappa shape index (κ3) is 3.32. The molecular formula is C15H13BrF2O. The van der Waals surface area contributed by atoms with Crippen LogP contribution in [0.3, 0.4) is 0 Å². The van der Waals surface area contributed by atoms with Crippen LogP contribution < -0.4 is 4.74 Å². The number of hydrogen-bond donors (Lipinski definition) is 0. The summed E-state index contributed by atoms with van der Waals surface area (Å²) in [4.78, 5) is 0. The Hall–Kier alpha value is -1.42. The lowest BCUT2D eigenvalue weighted by Gasteiger charge is -2.13. The number of hydrogen-bond acceptors (Lipinski definition) is 1. The van der Waals surface area contributed by atoms with Gasteiger partial charge in [-0.3, -0.25) is 0 Å². The first kappa shape index (κ1) is 14.0. The maximum Gasteiger partial charge on any atom is 0.132 e. The molecule has 19 heavy (non-hydrogen) atoms. The molecule has 0 aromatic heterocycles. The maximum atomic E-state index is 13.5. The molecule has 2 aromatic carbocycles. The van der Waals surface area contributed by atoms with Crippen molar-refractivity contribution in [3.63, 3.8) is 0 Å². The van der Waals surface area contributed by atoms with Crippen molar-refractivity contribution in [1.82, 2.24) is 0 Å². The molecule has 1 nitrogen and oxygen atoms in total. The second-order valence-corrected chi connectivity index (χ2v) is 4.78. The molecule has 100 valence electrons. The predicted octanol–water partition coefficient (Wildman–Crippen LogP) is 4.75. The normalized spacial score (nSPS) is 10.5. The molecule has 0 spiro atoms. The third-order valence-electron chi connectivity index (χ3n) is 2.82. The average Bonchev–Trinajstić information content (AvgIpc) is 2.39. The monoisotopic (exact) mass is 326 g/mol. The lowest BCUT2D eigenvalue weighted by atomic mass is 10.1. The van der Waals surface area contributed by atoms with Gasteiger partial charge in [0.25, 0.3) is 0 Å². The Morgan fingerprint density at radius 2 is 1.89 bits per heavy atom. The van der Waals surface area contributed by atoms with Crippen molar-refractivity contribution in [2.75, 3.05) is 0 Å². The first-order valence-corrected chi connectivity index (χ1v) is 6.95. The number of rotatable bonds is 4. The van der Waals surface area contributed by atoms with Gasteiger partial charge in [0, 0.05) is 22.5 Å². The highest BCUT2D eigenvalue weighted by molar-refractivity contribution is 9.08. The Kier molecular flexibility index (Phi) is 4.53. The van der Waals surface area contributed by atoms with E-state index in [1.165, 1.54) is 12.1 Å². The Labute approximate surface area is 119 Å². The van der Waals surface area contributed by atoms with Gasteiger partial charge in [0.05, 0.1) is 0 Å². The van der Waals surface area contributed by atoms with E-state index in [2.05, 4.69) is 15.9 Å². The highest BCUT2D eigenvalue weighted by Crippen LogP contribution is 2.26. The van der Waals surface area contributed by atoms with Gasteiger partial charge in [-0.25, -0.2) is 8.78 Å². The standard InChI is InChI=1S/C15H13BrF2O/c1-10-3-2-4-11(8-16)15(10)19-9-12-5-6-13(17)7-14(12)18/h2-7H,8-9H2,1H3. The predicted molar refractivity (Wildman–Crippen MR) is 74.5 cm³/mol. The molecule has 4 heteroatoms. The summed E-state index contributed by atoms with van der Waals surface area (Å²) in [6.45, 7) is 2.01. The lowest BCUT2D eigenvalue weighted by Crippen LogP contribution is -2.02. The van der Waals surface area contributed by atoms with Crippen molar-refractivity contribution >= 4 is 15.9 Å². The molecule has 0 fully saturated rings. The van der Waals surface area contributed by atoms with Crippen LogP contribution in [0.2, 0.25) is 0 Å². The van der Waals surface area contributed by atoms with Crippen LogP contribution in [-0.4, -0.2) is 0 Å². The second kappa shape index (κ2) is 6.15. The number of para-hydroxylation sites is 1. The van der Waals surface area contributed by atoms with Crippen molar-refractivity contribution in [2.45, 2.75) is 18.9 Å².